The molecule has 12 heterocycles. The predicted molar refractivity (Wildman–Crippen MR) is 509 cm³/mol. The van der Waals surface area contributed by atoms with Gasteiger partial charge in [-0.2, -0.15) is 0 Å². The summed E-state index contributed by atoms with van der Waals surface area (Å²) in [5.41, 5.74) is -1.77. The monoisotopic (exact) mass is 2060 g/mol. The van der Waals surface area contributed by atoms with Gasteiger partial charge in [0.25, 0.3) is 94.3 Å². The third-order valence-electron chi connectivity index (χ3n) is 29.2. The van der Waals surface area contributed by atoms with Gasteiger partial charge in [-0.25, -0.2) is 39.9 Å². The van der Waals surface area contributed by atoms with E-state index in [2.05, 4.69) is 27.7 Å². The second-order valence-corrected chi connectivity index (χ2v) is 39.2. The van der Waals surface area contributed by atoms with E-state index >= 15 is 0 Å². The average Bonchev–Trinajstić information content (AvgIpc) is 1.61. The molecule has 4 aromatic heterocycles. The summed E-state index contributed by atoms with van der Waals surface area (Å²) in [6.07, 6.45) is 34.1. The predicted octanol–water partition coefficient (Wildman–Crippen LogP) is 5.92. The maximum absolute atomic E-state index is 14.9. The Hall–Kier alpha value is -9.96. The van der Waals surface area contributed by atoms with Crippen LogP contribution in [0.1, 0.15) is 464 Å². The van der Waals surface area contributed by atoms with Crippen molar-refractivity contribution in [2.75, 3.05) is 0 Å². The van der Waals surface area contributed by atoms with E-state index in [1.807, 2.05) is 24.3 Å². The first-order chi connectivity index (χ1) is 69.6. The largest absolute Gasteiger partial charge is 1.00 e. The Labute approximate surface area is 947 Å². The van der Waals surface area contributed by atoms with Crippen LogP contribution < -0.4 is 177 Å². The van der Waals surface area contributed by atoms with Crippen LogP contribution in [-0.4, -0.2) is 155 Å². The number of hydrogen-bond donors (Lipinski definition) is 0. The number of rotatable bonds is 48. The number of carboxylic acids is 4. The third-order valence-corrected chi connectivity index (χ3v) is 29.2. The van der Waals surface area contributed by atoms with Crippen molar-refractivity contribution >= 4 is 71.1 Å². The van der Waals surface area contributed by atoms with Crippen LogP contribution in [0.25, 0.3) is 0 Å². The van der Waals surface area contributed by atoms with Crippen LogP contribution in [0, 0.1) is 0 Å². The van der Waals surface area contributed by atoms with Gasteiger partial charge in [0.1, 0.15) is 46.0 Å². The van der Waals surface area contributed by atoms with E-state index in [1.54, 1.807) is 24.3 Å². The number of carbonyl (C=O) groups excluding carboxylic acids is 12. The number of fused-ring (bicyclic) bond motifs is 8. The zero-order valence-corrected chi connectivity index (χ0v) is 94.7. The van der Waals surface area contributed by atoms with Crippen LogP contribution in [0.15, 0.2) is 48.5 Å². The molecule has 8 aliphatic heterocycles. The maximum atomic E-state index is 14.9. The van der Waals surface area contributed by atoms with Gasteiger partial charge in [-0.1, -0.05) is 259 Å². The summed E-state index contributed by atoms with van der Waals surface area (Å²) in [5.74, 6) is -25.2. The summed E-state index contributed by atoms with van der Waals surface area (Å²) < 4.78 is 58.8. The van der Waals surface area contributed by atoms with E-state index in [-0.39, 0.29) is 190 Å². The van der Waals surface area contributed by atoms with Gasteiger partial charge in [-0.15, -0.1) is 0 Å². The van der Waals surface area contributed by atoms with E-state index in [4.69, 9.17) is 77.8 Å². The first kappa shape index (κ1) is 115. The molecule has 0 radical (unpaired) electrons. The van der Waals surface area contributed by atoms with Crippen molar-refractivity contribution in [1.82, 2.24) is 59.5 Å². The van der Waals surface area contributed by atoms with Crippen molar-refractivity contribution < 1.29 is 234 Å². The molecule has 0 spiro atoms. The molecule has 0 N–H and O–H groups in total. The molecule has 9 aliphatic rings. The fourth-order valence-electron chi connectivity index (χ4n) is 21.1. The van der Waals surface area contributed by atoms with E-state index in [1.165, 1.54) is 0 Å². The van der Waals surface area contributed by atoms with Gasteiger partial charge < -0.3 is 77.5 Å². The van der Waals surface area contributed by atoms with Crippen LogP contribution in [0.5, 0.6) is 93.0 Å². The molecule has 0 fully saturated rings. The van der Waals surface area contributed by atoms with Gasteiger partial charge in [0.15, 0.2) is 45.6 Å². The molecule has 8 amide bonds. The summed E-state index contributed by atoms with van der Waals surface area (Å²) in [6.45, 7) is 13.0. The van der Waals surface area contributed by atoms with Gasteiger partial charge in [0, 0.05) is 92.4 Å². The van der Waals surface area contributed by atoms with Crippen LogP contribution in [0.2, 0.25) is 0 Å². The molecule has 17 rings (SSSR count). The average molecular weight is 2060 g/mol. The molecular weight excluding hydrogens is 1940 g/mol. The minimum absolute atomic E-state index is 0. The van der Waals surface area contributed by atoms with Crippen LogP contribution >= 0.6 is 0 Å². The zero-order valence-electron chi connectivity index (χ0n) is 86.7. The molecule has 8 aromatic rings. The molecule has 0 saturated heterocycles. The van der Waals surface area contributed by atoms with Gasteiger partial charge in [0.2, 0.25) is 0 Å². The molecule has 148 heavy (non-hydrogen) atoms. The standard InChI is InChI=1S/C108H124N12O24.4Na/c1-9-13-17-21-25-29-33-37-41-45-61-65-49-67-62(46-42-38-34-30-26-22-18-14-10-2)69-51-71-64(48-44-40-36-32-28-24-20-16-12-4)72-52-70-63(47-43-39-35-31-27-23-19-15-11-3)68-50-66(61)74-54-76(68)140-92-94(114-86-84(112-92)100(124)119(102(86)126)59(7)107(133)134)142-78(70)56-80(72)144-96-95(115-87-88(116-96)104(128)120(103(87)127)60(8)108(135)136)143-79(71)55-77(69)141-93-91(111-83-85(113-93)101(125)118(99(83)123)58(6)106(131)132)139-75(67)53-73(65)137-89-90(138-74)110-82-81(109-89)97(121)117(98(82)122)57(5)105(129)130;;;;/h49-64H,9-48H2,1-8H3,(H,129,130)(H,131,132)(H,133,134)(H,135,136);;;;/q;4*+1/p-4/t57-,58-,59-,60-,61?,62?,63?,64?;;;;/m0..../s1. The first-order valence-electron chi connectivity index (χ1n) is 51.8. The van der Waals surface area contributed by atoms with Gasteiger partial charge in [-0.05, 0) is 77.6 Å². The van der Waals surface area contributed by atoms with E-state index in [0.29, 0.717) is 115 Å². The van der Waals surface area contributed by atoms with Crippen molar-refractivity contribution in [3.63, 3.8) is 0 Å². The molecule has 0 saturated carbocycles. The number of carboxylic acid groups (broad SMARTS) is 4. The summed E-state index contributed by atoms with van der Waals surface area (Å²) in [6, 6.07) is 6.59. The van der Waals surface area contributed by atoms with Crippen molar-refractivity contribution in [2.45, 2.75) is 360 Å². The first-order valence-corrected chi connectivity index (χ1v) is 51.8. The number of aromatic nitrogens is 8. The fraction of sp³-hybridized carbons (Fsp3) is 0.519. The normalized spacial score (nSPS) is 17.0. The quantitative estimate of drug-likeness (QED) is 0.0243. The number of nitrogens with zero attached hydrogens (tertiary/aromatic N) is 12. The van der Waals surface area contributed by atoms with Crippen LogP contribution in [0.4, 0.5) is 0 Å². The second kappa shape index (κ2) is 51.4. The van der Waals surface area contributed by atoms with Gasteiger partial charge >= 0.3 is 118 Å². The third kappa shape index (κ3) is 23.9. The topological polar surface area (TPSA) is 487 Å². The molecule has 8 bridgehead atoms. The number of ether oxygens (including phenoxy) is 8. The Morgan fingerprint density at radius 3 is 0.466 bits per heavy atom. The number of unbranched alkanes of at least 4 members (excludes halogenated alkanes) is 32. The van der Waals surface area contributed by atoms with Crippen LogP contribution in [-0.2, 0) is 19.2 Å². The number of carbonyl (C=O) groups is 12. The second-order valence-electron chi connectivity index (χ2n) is 39.2. The summed E-state index contributed by atoms with van der Waals surface area (Å²) in [7, 11) is 0. The molecule has 1 aliphatic carbocycles. The SMILES string of the molecule is CCCCCCCCCCCC1c2cc3c4cc2Oc2nc5c(nc2Oc2cc6c(cc21)C(CCCCCCCCCCC)c1cc2c(cc1Oc1nc7c(nc1O6)C(=O)N([C@@H](C)C(=O)[O-])C7=O)Oc1nc6c(nc1Oc1cc(c(cc1C2CCCCCCCCCCC)C3CCCCCCCCCCC)Oc1nc2c(nc1O4)C(=O)N([C@@H](C)C(=O)[O-])C2=O)C(=O)N([C@@H](C)C(=O)[O-])C6=O)C(=O)N([C@@H](C)C(=O)[O-])C5=O.[Na+].[Na+].[Na+].[Na+]. The minimum Gasteiger partial charge on any atom is -0.548 e. The number of amides is 8. The molecule has 4 atom stereocenters. The maximum Gasteiger partial charge on any atom is 1.00 e. The van der Waals surface area contributed by atoms with E-state index < -0.39 is 212 Å². The van der Waals surface area contributed by atoms with Gasteiger partial charge in [-0.3, -0.25) is 58.0 Å². The zero-order chi connectivity index (χ0) is 102. The summed E-state index contributed by atoms with van der Waals surface area (Å²) in [4.78, 5) is 211. The smallest absolute Gasteiger partial charge is 0.548 e. The van der Waals surface area contributed by atoms with Crippen LogP contribution in [0.3, 0.4) is 0 Å². The van der Waals surface area contributed by atoms with E-state index in [0.717, 1.165) is 207 Å². The van der Waals surface area contributed by atoms with E-state index in [9.17, 15) is 78.0 Å². The Bertz CT molecular complexity index is 5420. The number of benzene rings is 4. The minimum atomic E-state index is -1.87. The Balaban J connectivity index is 0.00000457. The Kier molecular flexibility index (Phi) is 40.0. The molecule has 760 valence electrons. The number of hydrogen-bond acceptors (Lipinski definition) is 32. The van der Waals surface area contributed by atoms with Crippen molar-refractivity contribution in [1.29, 1.82) is 0 Å². The van der Waals surface area contributed by atoms with Crippen molar-refractivity contribution in [3.8, 4) is 93.0 Å². The Morgan fingerprint density at radius 2 is 0.345 bits per heavy atom. The summed E-state index contributed by atoms with van der Waals surface area (Å²) >= 11 is 0. The molecule has 36 nitrogen and oxygen atoms in total. The molecule has 40 heteroatoms. The number of imide groups is 4. The summed E-state index contributed by atoms with van der Waals surface area (Å²) in [5, 5.41) is 51.4. The van der Waals surface area contributed by atoms with Crippen molar-refractivity contribution in [3.05, 3.63) is 139 Å². The fourth-order valence-corrected chi connectivity index (χ4v) is 21.1. The van der Waals surface area contributed by atoms with Crippen molar-refractivity contribution in [2.24, 2.45) is 0 Å². The molecule has 0 unspecified atom stereocenters. The number of aliphatic carboxylic acids is 4. The molecular formula is C108H120N12Na4O24. The Morgan fingerprint density at radius 1 is 0.223 bits per heavy atom. The van der Waals surface area contributed by atoms with Gasteiger partial charge in [0.05, 0.1) is 48.0 Å². The molecule has 4 aromatic carbocycles.